The van der Waals surface area contributed by atoms with Crippen LogP contribution in [0.5, 0.6) is 5.75 Å². The van der Waals surface area contributed by atoms with Crippen molar-refractivity contribution in [1.82, 2.24) is 0 Å². The minimum absolute atomic E-state index is 0.139. The van der Waals surface area contributed by atoms with Crippen molar-refractivity contribution in [2.45, 2.75) is 11.8 Å². The monoisotopic (exact) mass is 338 g/mol. The third kappa shape index (κ3) is 3.01. The van der Waals surface area contributed by atoms with Crippen molar-refractivity contribution in [3.05, 3.63) is 28.2 Å². The van der Waals surface area contributed by atoms with Crippen molar-refractivity contribution in [3.63, 3.8) is 0 Å². The van der Waals surface area contributed by atoms with Gasteiger partial charge in [-0.15, -0.1) is 0 Å². The average Bonchev–Trinajstić information content (AvgIpc) is 2.20. The van der Waals surface area contributed by atoms with E-state index in [0.717, 1.165) is 0 Å². The molecule has 0 radical (unpaired) electrons. The number of alkyl halides is 2. The quantitative estimate of drug-likeness (QED) is 0.617. The van der Waals surface area contributed by atoms with Crippen LogP contribution in [0.1, 0.15) is 17.3 Å². The largest absolute Gasteiger partial charge is 0.461 e. The molecule has 0 aliphatic rings. The highest BCUT2D eigenvalue weighted by Gasteiger charge is 2.18. The van der Waals surface area contributed by atoms with Crippen LogP contribution in [-0.2, 0) is 0 Å². The van der Waals surface area contributed by atoms with Gasteiger partial charge in [0.05, 0.1) is 14.9 Å². The number of halogens is 3. The van der Waals surface area contributed by atoms with Crippen LogP contribution in [0.15, 0.2) is 22.7 Å². The Morgan fingerprint density at radius 1 is 1.60 bits per heavy atom. The maximum Gasteiger partial charge on any atom is 0.228 e. The van der Waals surface area contributed by atoms with E-state index in [4.69, 9.17) is 4.74 Å². The Morgan fingerprint density at radius 3 is 2.80 bits per heavy atom. The van der Waals surface area contributed by atoms with Gasteiger partial charge in [0.1, 0.15) is 5.75 Å². The first-order valence-electron chi connectivity index (χ1n) is 4.23. The zero-order chi connectivity index (χ0) is 11.4. The molecule has 0 aliphatic heterocycles. The summed E-state index contributed by atoms with van der Waals surface area (Å²) in [5.74, 6) is 0.107. The molecular formula is C10H9Br2FO2. The van der Waals surface area contributed by atoms with Crippen molar-refractivity contribution in [3.8, 4) is 5.75 Å². The maximum atomic E-state index is 12.1. The van der Waals surface area contributed by atoms with Gasteiger partial charge in [-0.1, -0.05) is 22.0 Å². The predicted molar refractivity (Wildman–Crippen MR) is 63.5 cm³/mol. The SMILES string of the molecule is CC(Br)C(=O)c1cccc(Br)c1OCF. The van der Waals surface area contributed by atoms with Gasteiger partial charge < -0.3 is 4.74 Å². The van der Waals surface area contributed by atoms with Gasteiger partial charge in [-0.05, 0) is 35.0 Å². The summed E-state index contributed by atoms with van der Waals surface area (Å²) in [6.07, 6.45) is 0. The standard InChI is InChI=1S/C10H9Br2FO2/c1-6(11)9(14)7-3-2-4-8(12)10(7)15-5-13/h2-4,6H,5H2,1H3. The summed E-state index contributed by atoms with van der Waals surface area (Å²) < 4.78 is 17.5. The van der Waals surface area contributed by atoms with Crippen LogP contribution >= 0.6 is 31.9 Å². The summed E-state index contributed by atoms with van der Waals surface area (Å²) >= 11 is 6.38. The Bertz CT molecular complexity index is 366. The first-order valence-corrected chi connectivity index (χ1v) is 5.94. The number of benzene rings is 1. The van der Waals surface area contributed by atoms with Crippen LogP contribution in [0.3, 0.4) is 0 Å². The lowest BCUT2D eigenvalue weighted by atomic mass is 10.1. The van der Waals surface area contributed by atoms with Crippen molar-refractivity contribution < 1.29 is 13.9 Å². The summed E-state index contributed by atoms with van der Waals surface area (Å²) in [4.78, 5) is 11.4. The van der Waals surface area contributed by atoms with E-state index in [-0.39, 0.29) is 16.4 Å². The molecule has 1 unspecified atom stereocenters. The van der Waals surface area contributed by atoms with E-state index < -0.39 is 6.86 Å². The van der Waals surface area contributed by atoms with Crippen LogP contribution < -0.4 is 4.74 Å². The number of rotatable bonds is 4. The molecular weight excluding hydrogens is 331 g/mol. The van der Waals surface area contributed by atoms with Gasteiger partial charge in [0.25, 0.3) is 0 Å². The fourth-order valence-corrected chi connectivity index (χ4v) is 1.85. The Morgan fingerprint density at radius 2 is 2.27 bits per heavy atom. The summed E-state index contributed by atoms with van der Waals surface area (Å²) in [7, 11) is 0. The molecule has 0 saturated heterocycles. The number of ether oxygens (including phenoxy) is 1. The lowest BCUT2D eigenvalue weighted by Gasteiger charge is -2.10. The molecule has 1 rings (SSSR count). The summed E-state index contributed by atoms with van der Waals surface area (Å²) in [5.41, 5.74) is 0.367. The van der Waals surface area contributed by atoms with E-state index in [9.17, 15) is 9.18 Å². The van der Waals surface area contributed by atoms with Gasteiger partial charge in [0.15, 0.2) is 5.78 Å². The fraction of sp³-hybridized carbons (Fsp3) is 0.300. The van der Waals surface area contributed by atoms with Gasteiger partial charge in [-0.2, -0.15) is 0 Å². The number of hydrogen-bond donors (Lipinski definition) is 0. The highest BCUT2D eigenvalue weighted by Crippen LogP contribution is 2.30. The molecule has 0 aromatic heterocycles. The van der Waals surface area contributed by atoms with E-state index in [0.29, 0.717) is 10.0 Å². The number of carbonyl (C=O) groups is 1. The predicted octanol–water partition coefficient (Wildman–Crippen LogP) is 3.72. The first kappa shape index (κ1) is 12.6. The molecule has 1 aromatic rings. The van der Waals surface area contributed by atoms with Crippen LogP contribution in [-0.4, -0.2) is 17.5 Å². The lowest BCUT2D eigenvalue weighted by Crippen LogP contribution is -2.12. The van der Waals surface area contributed by atoms with E-state index in [1.165, 1.54) is 0 Å². The van der Waals surface area contributed by atoms with Gasteiger partial charge in [-0.3, -0.25) is 4.79 Å². The molecule has 82 valence electrons. The smallest absolute Gasteiger partial charge is 0.228 e. The van der Waals surface area contributed by atoms with Crippen LogP contribution in [0.25, 0.3) is 0 Å². The van der Waals surface area contributed by atoms with Crippen molar-refractivity contribution >= 4 is 37.6 Å². The zero-order valence-electron chi connectivity index (χ0n) is 7.97. The lowest BCUT2D eigenvalue weighted by molar-refractivity contribution is 0.0988. The molecule has 0 N–H and O–H groups in total. The Labute approximate surface area is 104 Å². The average molecular weight is 340 g/mol. The van der Waals surface area contributed by atoms with E-state index >= 15 is 0 Å². The van der Waals surface area contributed by atoms with Crippen LogP contribution in [0, 0.1) is 0 Å². The summed E-state index contributed by atoms with van der Waals surface area (Å²) in [6, 6.07) is 5.01. The molecule has 0 bridgehead atoms. The number of ketones is 1. The highest BCUT2D eigenvalue weighted by atomic mass is 79.9. The molecule has 0 saturated carbocycles. The highest BCUT2D eigenvalue weighted by molar-refractivity contribution is 9.10. The third-order valence-electron chi connectivity index (χ3n) is 1.79. The molecule has 0 amide bonds. The van der Waals surface area contributed by atoms with Gasteiger partial charge in [-0.25, -0.2) is 4.39 Å². The Kier molecular flexibility index (Phi) is 4.73. The summed E-state index contributed by atoms with van der Waals surface area (Å²) in [5, 5.41) is 0. The normalized spacial score (nSPS) is 12.3. The van der Waals surface area contributed by atoms with Crippen molar-refractivity contribution in [2.75, 3.05) is 6.86 Å². The zero-order valence-corrected chi connectivity index (χ0v) is 11.1. The van der Waals surface area contributed by atoms with E-state index in [2.05, 4.69) is 31.9 Å². The second-order valence-electron chi connectivity index (χ2n) is 2.85. The number of para-hydroxylation sites is 1. The first-order chi connectivity index (χ1) is 7.07. The second-order valence-corrected chi connectivity index (χ2v) is 5.08. The van der Waals surface area contributed by atoms with Crippen molar-refractivity contribution in [2.24, 2.45) is 0 Å². The minimum Gasteiger partial charge on any atom is -0.461 e. The molecule has 0 aliphatic carbocycles. The van der Waals surface area contributed by atoms with Gasteiger partial charge in [0.2, 0.25) is 6.86 Å². The van der Waals surface area contributed by atoms with E-state index in [1.807, 2.05) is 0 Å². The Balaban J connectivity index is 3.16. The molecule has 2 nitrogen and oxygen atoms in total. The molecule has 1 aromatic carbocycles. The van der Waals surface area contributed by atoms with Crippen molar-refractivity contribution in [1.29, 1.82) is 0 Å². The fourth-order valence-electron chi connectivity index (χ4n) is 1.12. The van der Waals surface area contributed by atoms with Crippen LogP contribution in [0.4, 0.5) is 4.39 Å². The maximum absolute atomic E-state index is 12.1. The molecule has 0 heterocycles. The topological polar surface area (TPSA) is 26.3 Å². The molecule has 1 atom stereocenters. The molecule has 5 heteroatoms. The van der Waals surface area contributed by atoms with Gasteiger partial charge >= 0.3 is 0 Å². The molecule has 15 heavy (non-hydrogen) atoms. The third-order valence-corrected chi connectivity index (χ3v) is 2.83. The van der Waals surface area contributed by atoms with Crippen LogP contribution in [0.2, 0.25) is 0 Å². The number of carbonyl (C=O) groups excluding carboxylic acids is 1. The number of hydrogen-bond acceptors (Lipinski definition) is 2. The Hall–Kier alpha value is -0.420. The second kappa shape index (κ2) is 5.61. The molecule has 0 spiro atoms. The van der Waals surface area contributed by atoms with E-state index in [1.54, 1.807) is 25.1 Å². The van der Waals surface area contributed by atoms with Gasteiger partial charge in [0, 0.05) is 0 Å². The summed E-state index contributed by atoms with van der Waals surface area (Å²) in [6.45, 7) is 0.752. The number of Topliss-reactive ketones (excluding diaryl/α,β-unsaturated/α-hetero) is 1. The minimum atomic E-state index is -0.959. The molecule has 0 fully saturated rings.